The third-order valence-electron chi connectivity index (χ3n) is 2.95. The van der Waals surface area contributed by atoms with Crippen molar-refractivity contribution in [2.24, 2.45) is 10.8 Å². The number of hydrazone groups is 1. The van der Waals surface area contributed by atoms with Crippen LogP contribution in [0.2, 0.25) is 5.02 Å². The first-order valence-corrected chi connectivity index (χ1v) is 7.69. The van der Waals surface area contributed by atoms with E-state index in [1.807, 2.05) is 37.3 Å². The maximum atomic E-state index is 10.6. The normalized spacial score (nSPS) is 10.6. The molecule has 2 rings (SSSR count). The smallest absolute Gasteiger partial charge is 0.332 e. The van der Waals surface area contributed by atoms with Crippen molar-refractivity contribution in [1.82, 2.24) is 5.43 Å². The summed E-state index contributed by atoms with van der Waals surface area (Å²) in [5, 5.41) is 4.09. The quantitative estimate of drug-likeness (QED) is 0.595. The van der Waals surface area contributed by atoms with Gasteiger partial charge in [0.1, 0.15) is 6.61 Å². The van der Waals surface area contributed by atoms with Crippen molar-refractivity contribution in [3.63, 3.8) is 0 Å². The summed E-state index contributed by atoms with van der Waals surface area (Å²) >= 11 is 6.30. The van der Waals surface area contributed by atoms with Crippen LogP contribution in [0.1, 0.15) is 18.1 Å². The zero-order valence-corrected chi connectivity index (χ0v) is 13.9. The molecule has 2 aromatic rings. The number of nitrogens with zero attached hydrogens (tertiary/aromatic N) is 1. The summed E-state index contributed by atoms with van der Waals surface area (Å²) in [5.74, 6) is 0.962. The summed E-state index contributed by atoms with van der Waals surface area (Å²) in [6, 6.07) is 12.4. The van der Waals surface area contributed by atoms with Crippen LogP contribution < -0.4 is 20.6 Å². The van der Waals surface area contributed by atoms with E-state index in [1.165, 1.54) is 6.21 Å². The van der Waals surface area contributed by atoms with Gasteiger partial charge in [-0.2, -0.15) is 5.10 Å². The van der Waals surface area contributed by atoms with Crippen molar-refractivity contribution in [2.45, 2.75) is 13.5 Å². The Morgan fingerprint density at radius 3 is 2.71 bits per heavy atom. The molecule has 0 fully saturated rings. The predicted octanol–water partition coefficient (Wildman–Crippen LogP) is 3.32. The van der Waals surface area contributed by atoms with Crippen molar-refractivity contribution >= 4 is 23.8 Å². The second-order valence-electron chi connectivity index (χ2n) is 4.77. The first kappa shape index (κ1) is 17.6. The van der Waals surface area contributed by atoms with Crippen LogP contribution in [0.15, 0.2) is 47.6 Å². The molecule has 0 aliphatic heterocycles. The van der Waals surface area contributed by atoms with Crippen LogP contribution in [-0.2, 0) is 6.61 Å². The number of carbonyl (C=O) groups is 1. The number of halogens is 1. The molecule has 0 atom stereocenters. The second-order valence-corrected chi connectivity index (χ2v) is 5.18. The van der Waals surface area contributed by atoms with E-state index in [-0.39, 0.29) is 0 Å². The molecule has 0 radical (unpaired) electrons. The standard InChI is InChI=1S/C17H18ClN3O3/c1-2-23-15-9-13(10-20-21-17(19)22)8-14(18)16(15)24-11-12-6-4-3-5-7-12/h3-10H,2,11H2,1H3,(H3,19,21,22). The van der Waals surface area contributed by atoms with E-state index in [1.54, 1.807) is 12.1 Å². The Labute approximate surface area is 145 Å². The predicted molar refractivity (Wildman–Crippen MR) is 93.7 cm³/mol. The van der Waals surface area contributed by atoms with Crippen molar-refractivity contribution in [2.75, 3.05) is 6.61 Å². The minimum absolute atomic E-state index is 0.372. The molecule has 0 aromatic heterocycles. The molecule has 24 heavy (non-hydrogen) atoms. The average molecular weight is 348 g/mol. The largest absolute Gasteiger partial charge is 0.490 e. The highest BCUT2D eigenvalue weighted by Crippen LogP contribution is 2.36. The lowest BCUT2D eigenvalue weighted by Gasteiger charge is -2.14. The lowest BCUT2D eigenvalue weighted by Crippen LogP contribution is -2.24. The second kappa shape index (κ2) is 8.79. The number of hydrogen-bond donors (Lipinski definition) is 2. The number of amides is 2. The molecule has 126 valence electrons. The van der Waals surface area contributed by atoms with Gasteiger partial charge in [-0.25, -0.2) is 10.2 Å². The molecular weight excluding hydrogens is 330 g/mol. The molecule has 0 aliphatic rings. The molecule has 0 aliphatic carbocycles. The van der Waals surface area contributed by atoms with Gasteiger partial charge in [-0.15, -0.1) is 0 Å². The Morgan fingerprint density at radius 2 is 2.04 bits per heavy atom. The van der Waals surface area contributed by atoms with E-state index < -0.39 is 6.03 Å². The van der Waals surface area contributed by atoms with Gasteiger partial charge < -0.3 is 15.2 Å². The fourth-order valence-corrected chi connectivity index (χ4v) is 2.24. The third kappa shape index (κ3) is 5.17. The Balaban J connectivity index is 2.20. The molecule has 3 N–H and O–H groups in total. The Kier molecular flexibility index (Phi) is 6.45. The summed E-state index contributed by atoms with van der Waals surface area (Å²) < 4.78 is 11.4. The summed E-state index contributed by atoms with van der Waals surface area (Å²) in [5.41, 5.74) is 8.73. The maximum Gasteiger partial charge on any atom is 0.332 e. The summed E-state index contributed by atoms with van der Waals surface area (Å²) in [7, 11) is 0. The van der Waals surface area contributed by atoms with Crippen LogP contribution in [0.4, 0.5) is 4.79 Å². The molecule has 0 spiro atoms. The number of carbonyl (C=O) groups excluding carboxylic acids is 1. The highest BCUT2D eigenvalue weighted by molar-refractivity contribution is 6.32. The van der Waals surface area contributed by atoms with Crippen molar-refractivity contribution < 1.29 is 14.3 Å². The number of primary amides is 1. The lowest BCUT2D eigenvalue weighted by molar-refractivity contribution is 0.249. The minimum Gasteiger partial charge on any atom is -0.490 e. The van der Waals surface area contributed by atoms with E-state index in [0.717, 1.165) is 5.56 Å². The van der Waals surface area contributed by atoms with Gasteiger partial charge in [0.25, 0.3) is 0 Å². The molecule has 0 saturated heterocycles. The molecule has 2 aromatic carbocycles. The Morgan fingerprint density at radius 1 is 1.29 bits per heavy atom. The van der Waals surface area contributed by atoms with Crippen LogP contribution in [-0.4, -0.2) is 18.9 Å². The highest BCUT2D eigenvalue weighted by Gasteiger charge is 2.12. The Hall–Kier alpha value is -2.73. The fourth-order valence-electron chi connectivity index (χ4n) is 1.97. The monoisotopic (exact) mass is 347 g/mol. The summed E-state index contributed by atoms with van der Waals surface area (Å²) in [6.45, 7) is 2.69. The van der Waals surface area contributed by atoms with Gasteiger partial charge >= 0.3 is 6.03 Å². The first-order valence-electron chi connectivity index (χ1n) is 7.31. The van der Waals surface area contributed by atoms with Crippen LogP contribution in [0.3, 0.4) is 0 Å². The van der Waals surface area contributed by atoms with Gasteiger partial charge in [0.15, 0.2) is 11.5 Å². The van der Waals surface area contributed by atoms with Gasteiger partial charge in [-0.3, -0.25) is 0 Å². The van der Waals surface area contributed by atoms with Crippen molar-refractivity contribution in [3.8, 4) is 11.5 Å². The molecule has 7 heteroatoms. The fraction of sp³-hybridized carbons (Fsp3) is 0.176. The van der Waals surface area contributed by atoms with E-state index in [4.69, 9.17) is 26.8 Å². The van der Waals surface area contributed by atoms with Gasteiger partial charge in [0.05, 0.1) is 17.8 Å². The van der Waals surface area contributed by atoms with E-state index in [9.17, 15) is 4.79 Å². The average Bonchev–Trinajstić information content (AvgIpc) is 2.55. The summed E-state index contributed by atoms with van der Waals surface area (Å²) in [6.07, 6.45) is 1.42. The third-order valence-corrected chi connectivity index (χ3v) is 3.23. The molecule has 0 heterocycles. The van der Waals surface area contributed by atoms with Crippen LogP contribution >= 0.6 is 11.6 Å². The lowest BCUT2D eigenvalue weighted by atomic mass is 10.2. The number of urea groups is 1. The number of hydrogen-bond acceptors (Lipinski definition) is 4. The van der Waals surface area contributed by atoms with Crippen LogP contribution in [0.25, 0.3) is 0 Å². The molecule has 0 bridgehead atoms. The van der Waals surface area contributed by atoms with Crippen molar-refractivity contribution in [3.05, 3.63) is 58.6 Å². The van der Waals surface area contributed by atoms with Gasteiger partial charge in [-0.05, 0) is 30.2 Å². The molecular formula is C17H18ClN3O3. The van der Waals surface area contributed by atoms with Crippen LogP contribution in [0.5, 0.6) is 11.5 Å². The zero-order chi connectivity index (χ0) is 17.4. The van der Waals surface area contributed by atoms with Gasteiger partial charge in [0, 0.05) is 0 Å². The van der Waals surface area contributed by atoms with Gasteiger partial charge in [-0.1, -0.05) is 41.9 Å². The molecule has 2 amide bonds. The topological polar surface area (TPSA) is 85.9 Å². The minimum atomic E-state index is -0.745. The Bertz CT molecular complexity index is 721. The SMILES string of the molecule is CCOc1cc(C=NNC(N)=O)cc(Cl)c1OCc1ccccc1. The van der Waals surface area contributed by atoms with Crippen molar-refractivity contribution in [1.29, 1.82) is 0 Å². The van der Waals surface area contributed by atoms with Crippen LogP contribution in [0, 0.1) is 0 Å². The van der Waals surface area contributed by atoms with E-state index in [0.29, 0.717) is 35.3 Å². The van der Waals surface area contributed by atoms with Gasteiger partial charge in [0.2, 0.25) is 0 Å². The van der Waals surface area contributed by atoms with E-state index in [2.05, 4.69) is 10.5 Å². The number of nitrogens with two attached hydrogens (primary N) is 1. The molecule has 0 unspecified atom stereocenters. The zero-order valence-electron chi connectivity index (χ0n) is 13.2. The molecule has 0 saturated carbocycles. The first-order chi connectivity index (χ1) is 11.6. The highest BCUT2D eigenvalue weighted by atomic mass is 35.5. The number of ether oxygens (including phenoxy) is 2. The number of rotatable bonds is 7. The maximum absolute atomic E-state index is 10.6. The number of nitrogens with one attached hydrogen (secondary N) is 1. The number of benzene rings is 2. The molecule has 6 nitrogen and oxygen atoms in total. The van der Waals surface area contributed by atoms with E-state index >= 15 is 0 Å². The summed E-state index contributed by atoms with van der Waals surface area (Å²) in [4.78, 5) is 10.6.